The molecule has 0 N–H and O–H groups in total. The zero-order chi connectivity index (χ0) is 12.9. The van der Waals surface area contributed by atoms with Gasteiger partial charge >= 0.3 is 6.18 Å². The molecule has 0 aromatic rings. The number of carbonyl (C=O) groups is 1. The molecule has 1 fully saturated rings. The Morgan fingerprint density at radius 3 is 2.88 bits per heavy atom. The molecule has 96 valence electrons. The summed E-state index contributed by atoms with van der Waals surface area (Å²) in [5, 5.41) is 8.72. The van der Waals surface area contributed by atoms with Crippen LogP contribution in [-0.2, 0) is 14.3 Å². The summed E-state index contributed by atoms with van der Waals surface area (Å²) in [6, 6.07) is 1.09. The summed E-state index contributed by atoms with van der Waals surface area (Å²) in [6.45, 7) is -1.63. The van der Waals surface area contributed by atoms with Crippen molar-refractivity contribution in [1.82, 2.24) is 4.90 Å². The Morgan fingerprint density at radius 2 is 2.29 bits per heavy atom. The maximum atomic E-state index is 11.8. The van der Waals surface area contributed by atoms with Gasteiger partial charge in [0.1, 0.15) is 19.3 Å². The van der Waals surface area contributed by atoms with Crippen LogP contribution < -0.4 is 0 Å². The van der Waals surface area contributed by atoms with Gasteiger partial charge in [-0.1, -0.05) is 0 Å². The lowest BCUT2D eigenvalue weighted by Gasteiger charge is -2.31. The summed E-state index contributed by atoms with van der Waals surface area (Å²) in [5.41, 5.74) is 0. The first-order valence-electron chi connectivity index (χ1n) is 4.85. The molecule has 1 aliphatic heterocycles. The molecule has 5 nitrogen and oxygen atoms in total. The second kappa shape index (κ2) is 5.84. The fourth-order valence-corrected chi connectivity index (χ4v) is 1.35. The number of halogens is 3. The van der Waals surface area contributed by atoms with E-state index in [1.807, 2.05) is 6.07 Å². The molecule has 0 spiro atoms. The van der Waals surface area contributed by atoms with Gasteiger partial charge in [-0.2, -0.15) is 18.4 Å². The number of nitrogens with zero attached hydrogens (tertiary/aromatic N) is 2. The van der Waals surface area contributed by atoms with Gasteiger partial charge in [0.05, 0.1) is 19.3 Å². The third-order valence-electron chi connectivity index (χ3n) is 2.09. The molecule has 1 unspecified atom stereocenters. The van der Waals surface area contributed by atoms with Crippen molar-refractivity contribution in [1.29, 1.82) is 5.26 Å². The Kier molecular flexibility index (Phi) is 4.72. The fourth-order valence-electron chi connectivity index (χ4n) is 1.35. The number of hydrogen-bond acceptors (Lipinski definition) is 4. The fraction of sp³-hybridized carbons (Fsp3) is 0.778. The minimum Gasteiger partial charge on any atom is -0.376 e. The van der Waals surface area contributed by atoms with Crippen molar-refractivity contribution in [2.75, 3.05) is 33.0 Å². The molecule has 1 amide bonds. The number of rotatable bonds is 3. The van der Waals surface area contributed by atoms with Crippen molar-refractivity contribution in [3.05, 3.63) is 0 Å². The van der Waals surface area contributed by atoms with Crippen LogP contribution in [0.4, 0.5) is 13.2 Å². The first-order chi connectivity index (χ1) is 7.94. The van der Waals surface area contributed by atoms with E-state index >= 15 is 0 Å². The van der Waals surface area contributed by atoms with Gasteiger partial charge in [0.2, 0.25) is 5.91 Å². The molecule has 1 saturated heterocycles. The first-order valence-corrected chi connectivity index (χ1v) is 4.85. The summed E-state index contributed by atoms with van der Waals surface area (Å²) < 4.78 is 44.5. The van der Waals surface area contributed by atoms with Crippen molar-refractivity contribution in [2.24, 2.45) is 0 Å². The quantitative estimate of drug-likeness (QED) is 0.725. The SMILES string of the molecule is N#CC1COCCN1C(=O)COCC(F)(F)F. The molecule has 1 rings (SSSR count). The molecular formula is C9H11F3N2O3. The zero-order valence-corrected chi connectivity index (χ0v) is 8.87. The number of nitriles is 1. The molecule has 1 aliphatic rings. The lowest BCUT2D eigenvalue weighted by Crippen LogP contribution is -2.49. The summed E-state index contributed by atoms with van der Waals surface area (Å²) in [5.74, 6) is -0.635. The van der Waals surface area contributed by atoms with E-state index in [1.54, 1.807) is 0 Å². The molecular weight excluding hydrogens is 241 g/mol. The Bertz CT molecular complexity index is 314. The van der Waals surface area contributed by atoms with Crippen LogP contribution in [0.25, 0.3) is 0 Å². The van der Waals surface area contributed by atoms with Crippen LogP contribution in [0.5, 0.6) is 0 Å². The molecule has 0 saturated carbocycles. The van der Waals surface area contributed by atoms with Crippen molar-refractivity contribution in [2.45, 2.75) is 12.2 Å². The largest absolute Gasteiger partial charge is 0.411 e. The maximum Gasteiger partial charge on any atom is 0.411 e. The Hall–Kier alpha value is -1.33. The molecule has 0 bridgehead atoms. The normalized spacial score (nSPS) is 21.1. The van der Waals surface area contributed by atoms with E-state index in [-0.39, 0.29) is 19.8 Å². The lowest BCUT2D eigenvalue weighted by atomic mass is 10.2. The van der Waals surface area contributed by atoms with Crippen LogP contribution in [0.15, 0.2) is 0 Å². The smallest absolute Gasteiger partial charge is 0.376 e. The van der Waals surface area contributed by atoms with Gasteiger partial charge in [-0.15, -0.1) is 0 Å². The molecule has 17 heavy (non-hydrogen) atoms. The number of ether oxygens (including phenoxy) is 2. The summed E-state index contributed by atoms with van der Waals surface area (Å²) in [7, 11) is 0. The second-order valence-corrected chi connectivity index (χ2v) is 3.41. The minimum atomic E-state index is -4.46. The molecule has 0 radical (unpaired) electrons. The maximum absolute atomic E-state index is 11.8. The average Bonchev–Trinajstić information content (AvgIpc) is 2.27. The van der Waals surface area contributed by atoms with Crippen molar-refractivity contribution < 1.29 is 27.4 Å². The Balaban J connectivity index is 2.38. The summed E-state index contributed by atoms with van der Waals surface area (Å²) in [4.78, 5) is 12.6. The number of carbonyl (C=O) groups excluding carboxylic acids is 1. The zero-order valence-electron chi connectivity index (χ0n) is 8.87. The number of alkyl halides is 3. The highest BCUT2D eigenvalue weighted by atomic mass is 19.4. The monoisotopic (exact) mass is 252 g/mol. The highest BCUT2D eigenvalue weighted by Crippen LogP contribution is 2.14. The molecule has 8 heteroatoms. The topological polar surface area (TPSA) is 62.6 Å². The number of morpholine rings is 1. The molecule has 1 heterocycles. The average molecular weight is 252 g/mol. The predicted molar refractivity (Wildman–Crippen MR) is 48.8 cm³/mol. The van der Waals surface area contributed by atoms with E-state index in [4.69, 9.17) is 10.00 Å². The molecule has 0 aromatic carbocycles. The molecule has 0 aliphatic carbocycles. The van der Waals surface area contributed by atoms with Gasteiger partial charge in [0.25, 0.3) is 0 Å². The van der Waals surface area contributed by atoms with Crippen LogP contribution in [0.2, 0.25) is 0 Å². The van der Waals surface area contributed by atoms with Gasteiger partial charge in [-0.3, -0.25) is 4.79 Å². The third-order valence-corrected chi connectivity index (χ3v) is 2.09. The van der Waals surface area contributed by atoms with Gasteiger partial charge in [-0.05, 0) is 0 Å². The van der Waals surface area contributed by atoms with E-state index in [1.165, 1.54) is 4.90 Å². The standard InChI is InChI=1S/C9H11F3N2O3/c10-9(11,12)6-17-5-8(15)14-1-2-16-4-7(14)3-13/h7H,1-2,4-6H2. The van der Waals surface area contributed by atoms with Crippen LogP contribution in [0.1, 0.15) is 0 Å². The Morgan fingerprint density at radius 1 is 1.59 bits per heavy atom. The van der Waals surface area contributed by atoms with Crippen LogP contribution in [0, 0.1) is 11.3 Å². The predicted octanol–water partition coefficient (Wildman–Crippen LogP) is 0.316. The van der Waals surface area contributed by atoms with Gasteiger partial charge in [0.15, 0.2) is 0 Å². The van der Waals surface area contributed by atoms with E-state index in [9.17, 15) is 18.0 Å². The molecule has 0 aromatic heterocycles. The lowest BCUT2D eigenvalue weighted by molar-refractivity contribution is -0.179. The number of hydrogen-bond donors (Lipinski definition) is 0. The van der Waals surface area contributed by atoms with Crippen molar-refractivity contribution in [3.8, 4) is 6.07 Å². The van der Waals surface area contributed by atoms with Gasteiger partial charge in [-0.25, -0.2) is 0 Å². The van der Waals surface area contributed by atoms with E-state index in [0.29, 0.717) is 0 Å². The van der Waals surface area contributed by atoms with E-state index in [0.717, 1.165) is 0 Å². The molecule has 1 atom stereocenters. The number of amides is 1. The summed E-state index contributed by atoms with van der Waals surface area (Å²) in [6.07, 6.45) is -4.46. The van der Waals surface area contributed by atoms with Gasteiger partial charge in [0, 0.05) is 6.54 Å². The second-order valence-electron chi connectivity index (χ2n) is 3.41. The van der Waals surface area contributed by atoms with Crippen LogP contribution >= 0.6 is 0 Å². The van der Waals surface area contributed by atoms with Crippen LogP contribution in [-0.4, -0.2) is 56.0 Å². The van der Waals surface area contributed by atoms with Crippen molar-refractivity contribution in [3.63, 3.8) is 0 Å². The van der Waals surface area contributed by atoms with Crippen molar-refractivity contribution >= 4 is 5.91 Å². The first kappa shape index (κ1) is 13.7. The minimum absolute atomic E-state index is 0.0709. The van der Waals surface area contributed by atoms with Crippen LogP contribution in [0.3, 0.4) is 0 Å². The third kappa shape index (κ3) is 4.58. The Labute approximate surface area is 95.7 Å². The highest BCUT2D eigenvalue weighted by Gasteiger charge is 2.30. The highest BCUT2D eigenvalue weighted by molar-refractivity contribution is 5.78. The van der Waals surface area contributed by atoms with Gasteiger partial charge < -0.3 is 14.4 Å². The van der Waals surface area contributed by atoms with E-state index < -0.39 is 31.3 Å². The van der Waals surface area contributed by atoms with E-state index in [2.05, 4.69) is 4.74 Å². The summed E-state index contributed by atoms with van der Waals surface area (Å²) >= 11 is 0.